The van der Waals surface area contributed by atoms with E-state index < -0.39 is 0 Å². The number of nitrogens with two attached hydrogens (primary N) is 1. The van der Waals surface area contributed by atoms with E-state index in [0.29, 0.717) is 4.99 Å². The molecule has 1 aromatic carbocycles. The van der Waals surface area contributed by atoms with Gasteiger partial charge in [0.2, 0.25) is 0 Å². The molecule has 0 aromatic heterocycles. The Morgan fingerprint density at radius 1 is 1.24 bits per heavy atom. The van der Waals surface area contributed by atoms with Gasteiger partial charge < -0.3 is 5.73 Å². The van der Waals surface area contributed by atoms with Gasteiger partial charge in [-0.05, 0) is 62.3 Å². The highest BCUT2D eigenvalue weighted by Crippen LogP contribution is 2.36. The number of benzene rings is 1. The molecule has 1 saturated carbocycles. The Labute approximate surface area is 133 Å². The van der Waals surface area contributed by atoms with E-state index in [9.17, 15) is 0 Å². The monoisotopic (exact) mass is 302 g/mol. The first kappa shape index (κ1) is 15.0. The van der Waals surface area contributed by atoms with Crippen molar-refractivity contribution in [2.75, 3.05) is 6.54 Å². The van der Waals surface area contributed by atoms with Gasteiger partial charge in [0.25, 0.3) is 0 Å². The molecular formula is C18H26N2S. The van der Waals surface area contributed by atoms with Crippen LogP contribution in [0.4, 0.5) is 0 Å². The van der Waals surface area contributed by atoms with Crippen molar-refractivity contribution >= 4 is 17.2 Å². The van der Waals surface area contributed by atoms with Crippen molar-refractivity contribution in [2.45, 2.75) is 58.0 Å². The third kappa shape index (κ3) is 3.29. The van der Waals surface area contributed by atoms with Crippen molar-refractivity contribution in [1.82, 2.24) is 4.90 Å². The zero-order valence-corrected chi connectivity index (χ0v) is 13.8. The van der Waals surface area contributed by atoms with Gasteiger partial charge in [0.1, 0.15) is 4.99 Å². The summed E-state index contributed by atoms with van der Waals surface area (Å²) in [6.45, 7) is 4.53. The maximum absolute atomic E-state index is 5.72. The van der Waals surface area contributed by atoms with E-state index in [2.05, 4.69) is 30.0 Å². The number of hydrogen-bond acceptors (Lipinski definition) is 2. The topological polar surface area (TPSA) is 29.3 Å². The zero-order valence-electron chi connectivity index (χ0n) is 13.0. The molecule has 2 aliphatic rings. The molecule has 1 aromatic rings. The van der Waals surface area contributed by atoms with Crippen LogP contribution in [0.5, 0.6) is 0 Å². The summed E-state index contributed by atoms with van der Waals surface area (Å²) in [5, 5.41) is 0. The second kappa shape index (κ2) is 6.45. The summed E-state index contributed by atoms with van der Waals surface area (Å²) in [6.07, 6.45) is 8.54. The van der Waals surface area contributed by atoms with Crippen LogP contribution >= 0.6 is 12.2 Å². The molecule has 2 fully saturated rings. The van der Waals surface area contributed by atoms with E-state index in [-0.39, 0.29) is 0 Å². The van der Waals surface area contributed by atoms with Gasteiger partial charge in [-0.1, -0.05) is 37.2 Å². The average molecular weight is 302 g/mol. The van der Waals surface area contributed by atoms with Gasteiger partial charge in [-0.25, -0.2) is 0 Å². The minimum Gasteiger partial charge on any atom is -0.389 e. The van der Waals surface area contributed by atoms with Crippen LogP contribution < -0.4 is 5.73 Å². The highest BCUT2D eigenvalue weighted by molar-refractivity contribution is 7.80. The highest BCUT2D eigenvalue weighted by Gasteiger charge is 2.33. The minimum atomic E-state index is 0.495. The lowest BCUT2D eigenvalue weighted by molar-refractivity contribution is 0.183. The third-order valence-electron chi connectivity index (χ3n) is 5.36. The summed E-state index contributed by atoms with van der Waals surface area (Å²) >= 11 is 5.07. The van der Waals surface area contributed by atoms with Crippen LogP contribution in [0.25, 0.3) is 0 Å². The van der Waals surface area contributed by atoms with E-state index >= 15 is 0 Å². The molecule has 0 radical (unpaired) electrons. The predicted octanol–water partition coefficient (Wildman–Crippen LogP) is 3.78. The largest absolute Gasteiger partial charge is 0.389 e. The van der Waals surface area contributed by atoms with Crippen molar-refractivity contribution in [3.63, 3.8) is 0 Å². The molecule has 3 rings (SSSR count). The second-order valence-electron chi connectivity index (χ2n) is 6.73. The lowest BCUT2D eigenvalue weighted by atomic mass is 9.95. The minimum absolute atomic E-state index is 0.495. The molecule has 0 spiro atoms. The summed E-state index contributed by atoms with van der Waals surface area (Å²) in [5.41, 5.74) is 9.46. The first-order valence-electron chi connectivity index (χ1n) is 8.28. The van der Waals surface area contributed by atoms with Gasteiger partial charge in [0.05, 0.1) is 0 Å². The molecule has 2 N–H and O–H groups in total. The molecule has 1 aliphatic carbocycles. The molecular weight excluding hydrogens is 276 g/mol. The summed E-state index contributed by atoms with van der Waals surface area (Å²) in [7, 11) is 0. The quantitative estimate of drug-likeness (QED) is 0.858. The van der Waals surface area contributed by atoms with E-state index in [0.717, 1.165) is 24.1 Å². The Balaban J connectivity index is 1.71. The zero-order chi connectivity index (χ0) is 14.8. The van der Waals surface area contributed by atoms with Crippen molar-refractivity contribution in [3.8, 4) is 0 Å². The van der Waals surface area contributed by atoms with Gasteiger partial charge in [0.15, 0.2) is 0 Å². The van der Waals surface area contributed by atoms with Crippen LogP contribution in [-0.4, -0.2) is 22.5 Å². The molecule has 2 nitrogen and oxygen atoms in total. The maximum atomic E-state index is 5.72. The summed E-state index contributed by atoms with van der Waals surface area (Å²) < 4.78 is 0. The Morgan fingerprint density at radius 3 is 2.67 bits per heavy atom. The van der Waals surface area contributed by atoms with Crippen LogP contribution in [0.2, 0.25) is 0 Å². The van der Waals surface area contributed by atoms with Gasteiger partial charge in [-0.15, -0.1) is 0 Å². The van der Waals surface area contributed by atoms with E-state index in [1.807, 2.05) is 0 Å². The van der Waals surface area contributed by atoms with Crippen molar-refractivity contribution in [3.05, 3.63) is 34.9 Å². The maximum Gasteiger partial charge on any atom is 0.103 e. The smallest absolute Gasteiger partial charge is 0.103 e. The van der Waals surface area contributed by atoms with Gasteiger partial charge in [-0.3, -0.25) is 4.90 Å². The van der Waals surface area contributed by atoms with Crippen LogP contribution in [-0.2, 0) is 6.54 Å². The van der Waals surface area contributed by atoms with Gasteiger partial charge >= 0.3 is 0 Å². The normalized spacial score (nSPS) is 23.8. The molecule has 114 valence electrons. The molecule has 3 heteroatoms. The van der Waals surface area contributed by atoms with E-state index in [1.165, 1.54) is 56.2 Å². The van der Waals surface area contributed by atoms with E-state index in [4.69, 9.17) is 18.0 Å². The van der Waals surface area contributed by atoms with Crippen LogP contribution in [0.15, 0.2) is 18.2 Å². The SMILES string of the molecule is Cc1cc(C(N)=S)ccc1CN1CCCC1C1CCCC1. The molecule has 1 aliphatic heterocycles. The number of nitrogens with zero attached hydrogens (tertiary/aromatic N) is 1. The molecule has 0 bridgehead atoms. The van der Waals surface area contributed by atoms with E-state index in [1.54, 1.807) is 0 Å². The van der Waals surface area contributed by atoms with Gasteiger partial charge in [-0.2, -0.15) is 0 Å². The number of hydrogen-bond donors (Lipinski definition) is 1. The Kier molecular flexibility index (Phi) is 4.60. The Bertz CT molecular complexity index is 520. The molecule has 21 heavy (non-hydrogen) atoms. The third-order valence-corrected chi connectivity index (χ3v) is 5.59. The first-order chi connectivity index (χ1) is 10.1. The fourth-order valence-electron chi connectivity index (χ4n) is 4.17. The Morgan fingerprint density at radius 2 is 2.00 bits per heavy atom. The van der Waals surface area contributed by atoms with Crippen molar-refractivity contribution in [2.24, 2.45) is 11.7 Å². The van der Waals surface area contributed by atoms with Crippen molar-refractivity contribution in [1.29, 1.82) is 0 Å². The first-order valence-corrected chi connectivity index (χ1v) is 8.69. The van der Waals surface area contributed by atoms with Crippen LogP contribution in [0, 0.1) is 12.8 Å². The summed E-state index contributed by atoms with van der Waals surface area (Å²) in [5.74, 6) is 0.948. The van der Waals surface area contributed by atoms with Crippen LogP contribution in [0.3, 0.4) is 0 Å². The predicted molar refractivity (Wildman–Crippen MR) is 92.5 cm³/mol. The number of thiocarbonyl (C=S) groups is 1. The molecule has 0 amide bonds. The Hall–Kier alpha value is -0.930. The lowest BCUT2D eigenvalue weighted by Gasteiger charge is -2.30. The highest BCUT2D eigenvalue weighted by atomic mass is 32.1. The number of rotatable bonds is 4. The average Bonchev–Trinajstić information content (AvgIpc) is 3.11. The fraction of sp³-hybridized carbons (Fsp3) is 0.611. The lowest BCUT2D eigenvalue weighted by Crippen LogP contribution is -2.34. The number of aryl methyl sites for hydroxylation is 1. The summed E-state index contributed by atoms with van der Waals surface area (Å²) in [4.78, 5) is 3.22. The van der Waals surface area contributed by atoms with Crippen molar-refractivity contribution < 1.29 is 0 Å². The summed E-state index contributed by atoms with van der Waals surface area (Å²) in [6, 6.07) is 7.25. The molecule has 1 atom stereocenters. The molecule has 1 heterocycles. The van der Waals surface area contributed by atoms with Gasteiger partial charge in [0, 0.05) is 18.2 Å². The second-order valence-corrected chi connectivity index (χ2v) is 7.17. The van der Waals surface area contributed by atoms with Crippen LogP contribution in [0.1, 0.15) is 55.2 Å². The fourth-order valence-corrected chi connectivity index (χ4v) is 4.30. The number of likely N-dealkylation sites (tertiary alicyclic amines) is 1. The molecule has 1 saturated heterocycles. The molecule has 1 unspecified atom stereocenters. The standard InChI is InChI=1S/C18H26N2S/c1-13-11-15(18(19)21)8-9-16(13)12-20-10-4-7-17(20)14-5-2-3-6-14/h8-9,11,14,17H,2-7,10,12H2,1H3,(H2,19,21).